The maximum atomic E-state index is 12.4. The van der Waals surface area contributed by atoms with Gasteiger partial charge in [-0.2, -0.15) is 0 Å². The van der Waals surface area contributed by atoms with Crippen LogP contribution >= 0.6 is 11.3 Å². The molecule has 0 aliphatic carbocycles. The lowest BCUT2D eigenvalue weighted by atomic mass is 10.2. The number of ether oxygens (including phenoxy) is 1. The van der Waals surface area contributed by atoms with Crippen LogP contribution in [0.3, 0.4) is 0 Å². The van der Waals surface area contributed by atoms with Gasteiger partial charge in [0, 0.05) is 26.2 Å². The van der Waals surface area contributed by atoms with Crippen molar-refractivity contribution in [3.05, 3.63) is 64.9 Å². The first-order valence-electron chi connectivity index (χ1n) is 9.82. The minimum Gasteiger partial charge on any atom is -0.440 e. The number of amides is 1. The highest BCUT2D eigenvalue weighted by molar-refractivity contribution is 7.13. The van der Waals surface area contributed by atoms with Gasteiger partial charge >= 0.3 is 0 Å². The monoisotopic (exact) mass is 411 g/mol. The maximum Gasteiger partial charge on any atom is 0.236 e. The second-order valence-electron chi connectivity index (χ2n) is 7.19. The molecule has 1 aliphatic rings. The summed E-state index contributed by atoms with van der Waals surface area (Å²) in [6, 6.07) is 14.3. The summed E-state index contributed by atoms with van der Waals surface area (Å²) in [6.45, 7) is 5.64. The summed E-state index contributed by atoms with van der Waals surface area (Å²) in [6.07, 6.45) is 0.206. The summed E-state index contributed by atoms with van der Waals surface area (Å²) < 4.78 is 11.5. The largest absolute Gasteiger partial charge is 0.440 e. The van der Waals surface area contributed by atoms with Gasteiger partial charge in [0.15, 0.2) is 0 Å². The van der Waals surface area contributed by atoms with Crippen molar-refractivity contribution in [1.82, 2.24) is 15.2 Å². The lowest BCUT2D eigenvalue weighted by molar-refractivity contribution is -0.121. The smallest absolute Gasteiger partial charge is 0.236 e. The molecule has 6 nitrogen and oxygen atoms in total. The van der Waals surface area contributed by atoms with Crippen molar-refractivity contribution in [2.24, 2.45) is 0 Å². The zero-order valence-corrected chi connectivity index (χ0v) is 17.3. The van der Waals surface area contributed by atoms with E-state index in [0.29, 0.717) is 30.5 Å². The van der Waals surface area contributed by atoms with E-state index in [1.54, 1.807) is 11.3 Å². The molecule has 2 aromatic heterocycles. The fourth-order valence-electron chi connectivity index (χ4n) is 3.43. The highest BCUT2D eigenvalue weighted by Crippen LogP contribution is 2.26. The van der Waals surface area contributed by atoms with E-state index in [0.717, 1.165) is 24.5 Å². The van der Waals surface area contributed by atoms with E-state index in [4.69, 9.17) is 9.15 Å². The van der Waals surface area contributed by atoms with Gasteiger partial charge in [-0.15, -0.1) is 11.3 Å². The van der Waals surface area contributed by atoms with Crippen LogP contribution in [0.25, 0.3) is 10.8 Å². The Labute approximate surface area is 174 Å². The molecule has 0 spiro atoms. The highest BCUT2D eigenvalue weighted by Gasteiger charge is 2.22. The Morgan fingerprint density at radius 2 is 2.14 bits per heavy atom. The van der Waals surface area contributed by atoms with Crippen molar-refractivity contribution in [1.29, 1.82) is 0 Å². The Morgan fingerprint density at radius 1 is 1.28 bits per heavy atom. The van der Waals surface area contributed by atoms with Crippen molar-refractivity contribution < 1.29 is 13.9 Å². The van der Waals surface area contributed by atoms with Gasteiger partial charge in [0.1, 0.15) is 5.76 Å². The van der Waals surface area contributed by atoms with Gasteiger partial charge in [-0.05, 0) is 23.9 Å². The first kappa shape index (κ1) is 19.8. The Hall–Kier alpha value is -2.48. The number of morpholine rings is 1. The predicted molar refractivity (Wildman–Crippen MR) is 113 cm³/mol. The summed E-state index contributed by atoms with van der Waals surface area (Å²) in [5, 5.41) is 4.97. The number of hydrogen-bond acceptors (Lipinski definition) is 6. The van der Waals surface area contributed by atoms with Crippen molar-refractivity contribution >= 4 is 17.2 Å². The van der Waals surface area contributed by atoms with Crippen LogP contribution in [0.5, 0.6) is 0 Å². The van der Waals surface area contributed by atoms with Gasteiger partial charge in [-0.1, -0.05) is 36.4 Å². The normalized spacial score (nSPS) is 17.3. The Bertz CT molecular complexity index is 924. The molecule has 1 aromatic carbocycles. The second-order valence-corrected chi connectivity index (χ2v) is 8.14. The van der Waals surface area contributed by atoms with E-state index in [1.807, 2.05) is 30.5 Å². The molecule has 7 heteroatoms. The molecule has 1 fully saturated rings. The molecule has 1 unspecified atom stereocenters. The van der Waals surface area contributed by atoms with Crippen molar-refractivity contribution in [2.75, 3.05) is 26.2 Å². The Morgan fingerprint density at radius 3 is 2.93 bits per heavy atom. The third-order valence-corrected chi connectivity index (χ3v) is 5.81. The molecule has 0 bridgehead atoms. The molecular formula is C22H25N3O3S. The average Bonchev–Trinajstić information content (AvgIpc) is 3.38. The maximum absolute atomic E-state index is 12.4. The molecule has 1 aliphatic heterocycles. The Kier molecular flexibility index (Phi) is 6.39. The number of benzene rings is 1. The molecule has 29 heavy (non-hydrogen) atoms. The summed E-state index contributed by atoms with van der Waals surface area (Å²) in [5.74, 6) is 1.20. The number of thiophene rings is 1. The zero-order chi connectivity index (χ0) is 20.1. The summed E-state index contributed by atoms with van der Waals surface area (Å²) >= 11 is 1.57. The van der Waals surface area contributed by atoms with Crippen LogP contribution in [-0.4, -0.2) is 48.1 Å². The van der Waals surface area contributed by atoms with Crippen LogP contribution < -0.4 is 5.32 Å². The number of aryl methyl sites for hydroxylation is 1. The van der Waals surface area contributed by atoms with Crippen molar-refractivity contribution in [2.45, 2.75) is 26.0 Å². The van der Waals surface area contributed by atoms with Crippen LogP contribution in [-0.2, 0) is 22.5 Å². The fraction of sp³-hybridized carbons (Fsp3) is 0.364. The lowest BCUT2D eigenvalue weighted by Gasteiger charge is -2.33. The van der Waals surface area contributed by atoms with E-state index >= 15 is 0 Å². The Balaban J connectivity index is 1.26. The number of nitrogens with zero attached hydrogens (tertiary/aromatic N) is 2. The van der Waals surface area contributed by atoms with Crippen LogP contribution in [0.15, 0.2) is 52.3 Å². The molecule has 1 saturated heterocycles. The van der Waals surface area contributed by atoms with E-state index in [-0.39, 0.29) is 18.4 Å². The quantitative estimate of drug-likeness (QED) is 0.646. The molecule has 1 N–H and O–H groups in total. The fourth-order valence-corrected chi connectivity index (χ4v) is 4.08. The average molecular weight is 412 g/mol. The molecule has 0 saturated carbocycles. The van der Waals surface area contributed by atoms with Gasteiger partial charge in [-0.3, -0.25) is 9.69 Å². The van der Waals surface area contributed by atoms with E-state index in [9.17, 15) is 4.79 Å². The number of rotatable bonds is 7. The number of carbonyl (C=O) groups excluding carboxylic acids is 1. The third-order valence-electron chi connectivity index (χ3n) is 4.95. The topological polar surface area (TPSA) is 67.6 Å². The summed E-state index contributed by atoms with van der Waals surface area (Å²) in [4.78, 5) is 20.2. The van der Waals surface area contributed by atoms with Crippen LogP contribution in [0.4, 0.5) is 0 Å². The van der Waals surface area contributed by atoms with Crippen LogP contribution in [0.1, 0.15) is 17.0 Å². The van der Waals surface area contributed by atoms with Crippen molar-refractivity contribution in [3.8, 4) is 10.8 Å². The third kappa shape index (κ3) is 5.32. The zero-order valence-electron chi connectivity index (χ0n) is 16.5. The van der Waals surface area contributed by atoms with Gasteiger partial charge in [0.25, 0.3) is 0 Å². The first-order valence-corrected chi connectivity index (χ1v) is 10.7. The minimum atomic E-state index is -0.0667. The number of carbonyl (C=O) groups is 1. The number of aromatic nitrogens is 1. The van der Waals surface area contributed by atoms with Crippen LogP contribution in [0, 0.1) is 6.92 Å². The van der Waals surface area contributed by atoms with Gasteiger partial charge in [0.2, 0.25) is 11.8 Å². The lowest BCUT2D eigenvalue weighted by Crippen LogP contribution is -2.47. The van der Waals surface area contributed by atoms with Crippen LogP contribution in [0.2, 0.25) is 0 Å². The summed E-state index contributed by atoms with van der Waals surface area (Å²) in [5.41, 5.74) is 1.97. The van der Waals surface area contributed by atoms with Gasteiger partial charge in [-0.25, -0.2) is 4.98 Å². The van der Waals surface area contributed by atoms with E-state index in [1.165, 1.54) is 5.56 Å². The predicted octanol–water partition coefficient (Wildman–Crippen LogP) is 3.27. The van der Waals surface area contributed by atoms with Gasteiger partial charge < -0.3 is 14.5 Å². The molecule has 1 atom stereocenters. The number of nitrogens with one attached hydrogen (secondary N) is 1. The number of oxazole rings is 1. The molecule has 0 radical (unpaired) electrons. The second kappa shape index (κ2) is 9.35. The van der Waals surface area contributed by atoms with E-state index < -0.39 is 0 Å². The van der Waals surface area contributed by atoms with Gasteiger partial charge in [0.05, 0.1) is 29.7 Å². The molecule has 3 aromatic rings. The number of hydrogen-bond donors (Lipinski definition) is 1. The SMILES string of the molecule is Cc1oc(-c2cccs2)nc1CC(=O)NCC1CN(Cc2ccccc2)CCO1. The van der Waals surface area contributed by atoms with Crippen molar-refractivity contribution in [3.63, 3.8) is 0 Å². The minimum absolute atomic E-state index is 0.00324. The molecule has 152 valence electrons. The van der Waals surface area contributed by atoms with E-state index in [2.05, 4.69) is 39.5 Å². The molecular weight excluding hydrogens is 386 g/mol. The first-order chi connectivity index (χ1) is 14.2. The molecule has 1 amide bonds. The molecule has 4 rings (SSSR count). The highest BCUT2D eigenvalue weighted by atomic mass is 32.1. The molecule has 3 heterocycles. The summed E-state index contributed by atoms with van der Waals surface area (Å²) in [7, 11) is 0. The standard InChI is InChI=1S/C22H25N3O3S/c1-16-19(24-22(28-16)20-8-5-11-29-20)12-21(26)23-13-18-15-25(9-10-27-18)14-17-6-3-2-4-7-17/h2-8,11,18H,9-10,12-15H2,1H3,(H,23,26).